The van der Waals surface area contributed by atoms with E-state index in [0.29, 0.717) is 16.3 Å². The van der Waals surface area contributed by atoms with Crippen molar-refractivity contribution < 1.29 is 4.74 Å². The van der Waals surface area contributed by atoms with Crippen LogP contribution in [0.1, 0.15) is 65.7 Å². The van der Waals surface area contributed by atoms with Crippen LogP contribution >= 0.6 is 15.9 Å². The Morgan fingerprint density at radius 3 is 2.31 bits per heavy atom. The van der Waals surface area contributed by atoms with Crippen molar-refractivity contribution in [3.8, 4) is 0 Å². The zero-order valence-electron chi connectivity index (χ0n) is 11.1. The lowest BCUT2D eigenvalue weighted by molar-refractivity contribution is -0.108. The molecule has 2 atom stereocenters. The number of ether oxygens (including phenoxy) is 1. The molecule has 2 unspecified atom stereocenters. The molecule has 0 heterocycles. The van der Waals surface area contributed by atoms with Gasteiger partial charge in [0, 0.05) is 16.8 Å². The highest BCUT2D eigenvalue weighted by Crippen LogP contribution is 2.52. The Bertz CT molecular complexity index is 189. The molecule has 0 aromatic rings. The van der Waals surface area contributed by atoms with E-state index in [9.17, 15) is 0 Å². The van der Waals surface area contributed by atoms with E-state index in [1.165, 1.54) is 44.9 Å². The molecule has 96 valence electrons. The maximum Gasteiger partial charge on any atom is 0.0652 e. The Morgan fingerprint density at radius 1 is 1.12 bits per heavy atom. The van der Waals surface area contributed by atoms with Gasteiger partial charge in [-0.05, 0) is 25.7 Å². The minimum atomic E-state index is 0.421. The summed E-state index contributed by atoms with van der Waals surface area (Å²) in [6.07, 6.45) is 9.40. The van der Waals surface area contributed by atoms with Crippen LogP contribution in [0.3, 0.4) is 0 Å². The largest absolute Gasteiger partial charge is 0.378 e. The number of hydrogen-bond acceptors (Lipinski definition) is 1. The molecule has 0 aliphatic heterocycles. The van der Waals surface area contributed by atoms with Gasteiger partial charge < -0.3 is 4.74 Å². The number of unbranched alkanes of at least 4 members (excludes halogenated alkanes) is 3. The standard InChI is InChI=1S/C14H27BrO/c1-4-7-8-9-10-16-13-11-12(15)14(13,5-2)6-3/h12-13H,4-11H2,1-3H3. The van der Waals surface area contributed by atoms with Crippen LogP contribution in [-0.4, -0.2) is 17.5 Å². The topological polar surface area (TPSA) is 9.23 Å². The Balaban J connectivity index is 2.22. The summed E-state index contributed by atoms with van der Waals surface area (Å²) in [5.74, 6) is 0. The van der Waals surface area contributed by atoms with E-state index in [0.717, 1.165) is 6.61 Å². The molecule has 0 aromatic carbocycles. The lowest BCUT2D eigenvalue weighted by Gasteiger charge is -2.53. The summed E-state index contributed by atoms with van der Waals surface area (Å²) in [6, 6.07) is 0. The van der Waals surface area contributed by atoms with Crippen LogP contribution in [0.5, 0.6) is 0 Å². The van der Waals surface area contributed by atoms with E-state index in [1.807, 2.05) is 0 Å². The first-order chi connectivity index (χ1) is 7.71. The molecule has 16 heavy (non-hydrogen) atoms. The highest BCUT2D eigenvalue weighted by Gasteiger charge is 2.51. The minimum absolute atomic E-state index is 0.421. The fourth-order valence-electron chi connectivity index (χ4n) is 2.84. The van der Waals surface area contributed by atoms with Gasteiger partial charge in [0.2, 0.25) is 0 Å². The smallest absolute Gasteiger partial charge is 0.0652 e. The van der Waals surface area contributed by atoms with E-state index in [1.54, 1.807) is 0 Å². The maximum absolute atomic E-state index is 6.06. The molecular formula is C14H27BrO. The van der Waals surface area contributed by atoms with Gasteiger partial charge >= 0.3 is 0 Å². The molecule has 0 amide bonds. The van der Waals surface area contributed by atoms with Crippen LogP contribution in [0.25, 0.3) is 0 Å². The molecule has 2 heteroatoms. The van der Waals surface area contributed by atoms with Gasteiger partial charge in [0.25, 0.3) is 0 Å². The Hall–Kier alpha value is 0.440. The molecular weight excluding hydrogens is 264 g/mol. The van der Waals surface area contributed by atoms with Gasteiger partial charge in [0.05, 0.1) is 6.10 Å². The SMILES string of the molecule is CCCCCCOC1CC(Br)C1(CC)CC. The first-order valence-electron chi connectivity index (χ1n) is 6.96. The Kier molecular flexibility index (Phi) is 6.35. The van der Waals surface area contributed by atoms with Gasteiger partial charge in [0.15, 0.2) is 0 Å². The molecule has 0 radical (unpaired) electrons. The number of hydrogen-bond donors (Lipinski definition) is 0. The van der Waals surface area contributed by atoms with Crippen molar-refractivity contribution >= 4 is 15.9 Å². The van der Waals surface area contributed by atoms with Gasteiger partial charge in [-0.15, -0.1) is 0 Å². The quantitative estimate of drug-likeness (QED) is 0.455. The third-order valence-corrected chi connectivity index (χ3v) is 5.61. The predicted molar refractivity (Wildman–Crippen MR) is 74.2 cm³/mol. The summed E-state index contributed by atoms with van der Waals surface area (Å²) in [7, 11) is 0. The number of rotatable bonds is 8. The minimum Gasteiger partial charge on any atom is -0.378 e. The first-order valence-corrected chi connectivity index (χ1v) is 7.88. The van der Waals surface area contributed by atoms with Crippen LogP contribution < -0.4 is 0 Å². The van der Waals surface area contributed by atoms with E-state index in [2.05, 4.69) is 36.7 Å². The van der Waals surface area contributed by atoms with Gasteiger partial charge in [-0.2, -0.15) is 0 Å². The lowest BCUT2D eigenvalue weighted by Crippen LogP contribution is -2.54. The van der Waals surface area contributed by atoms with Crippen LogP contribution in [0, 0.1) is 5.41 Å². The zero-order valence-corrected chi connectivity index (χ0v) is 12.7. The summed E-state index contributed by atoms with van der Waals surface area (Å²) in [6.45, 7) is 7.81. The van der Waals surface area contributed by atoms with E-state index >= 15 is 0 Å². The van der Waals surface area contributed by atoms with Crippen LogP contribution in [0.15, 0.2) is 0 Å². The van der Waals surface area contributed by atoms with Crippen molar-refractivity contribution in [3.63, 3.8) is 0 Å². The predicted octanol–water partition coefficient (Wildman–Crippen LogP) is 4.93. The van der Waals surface area contributed by atoms with Gasteiger partial charge in [0.1, 0.15) is 0 Å². The molecule has 0 spiro atoms. The summed E-state index contributed by atoms with van der Waals surface area (Å²) >= 11 is 3.80. The molecule has 1 nitrogen and oxygen atoms in total. The van der Waals surface area contributed by atoms with Crippen LogP contribution in [-0.2, 0) is 4.74 Å². The average molecular weight is 291 g/mol. The summed E-state index contributed by atoms with van der Waals surface area (Å²) in [4.78, 5) is 0.677. The van der Waals surface area contributed by atoms with E-state index < -0.39 is 0 Å². The van der Waals surface area contributed by atoms with E-state index in [-0.39, 0.29) is 0 Å². The monoisotopic (exact) mass is 290 g/mol. The van der Waals surface area contributed by atoms with Gasteiger partial charge in [-0.25, -0.2) is 0 Å². The Labute approximate surface area is 109 Å². The van der Waals surface area contributed by atoms with Crippen molar-refractivity contribution in [2.24, 2.45) is 5.41 Å². The average Bonchev–Trinajstić information content (AvgIpc) is 2.29. The zero-order chi connectivity index (χ0) is 12.0. The highest BCUT2D eigenvalue weighted by atomic mass is 79.9. The van der Waals surface area contributed by atoms with Crippen LogP contribution in [0.4, 0.5) is 0 Å². The highest BCUT2D eigenvalue weighted by molar-refractivity contribution is 9.09. The Morgan fingerprint density at radius 2 is 1.81 bits per heavy atom. The summed E-state index contributed by atoms with van der Waals surface area (Å²) in [5, 5.41) is 0. The molecule has 0 bridgehead atoms. The van der Waals surface area contributed by atoms with Crippen molar-refractivity contribution in [1.82, 2.24) is 0 Å². The third kappa shape index (κ3) is 3.01. The van der Waals surface area contributed by atoms with Gasteiger partial charge in [-0.1, -0.05) is 56.0 Å². The fourth-order valence-corrected chi connectivity index (χ4v) is 4.12. The fraction of sp³-hybridized carbons (Fsp3) is 1.00. The van der Waals surface area contributed by atoms with Crippen LogP contribution in [0.2, 0.25) is 0 Å². The first kappa shape index (κ1) is 14.5. The molecule has 1 rings (SSSR count). The molecule has 1 saturated carbocycles. The van der Waals surface area contributed by atoms with Crippen molar-refractivity contribution in [2.45, 2.75) is 76.6 Å². The maximum atomic E-state index is 6.06. The lowest BCUT2D eigenvalue weighted by atomic mass is 9.62. The normalized spacial score (nSPS) is 27.8. The third-order valence-electron chi connectivity index (χ3n) is 4.32. The second-order valence-electron chi connectivity index (χ2n) is 5.06. The van der Waals surface area contributed by atoms with Crippen molar-refractivity contribution in [1.29, 1.82) is 0 Å². The molecule has 0 aromatic heterocycles. The second-order valence-corrected chi connectivity index (χ2v) is 6.17. The van der Waals surface area contributed by atoms with E-state index in [4.69, 9.17) is 4.74 Å². The molecule has 1 aliphatic rings. The number of halogens is 1. The molecule has 1 fully saturated rings. The van der Waals surface area contributed by atoms with Crippen molar-refractivity contribution in [2.75, 3.05) is 6.61 Å². The number of alkyl halides is 1. The van der Waals surface area contributed by atoms with Crippen molar-refractivity contribution in [3.05, 3.63) is 0 Å². The molecule has 1 aliphatic carbocycles. The molecule has 0 N–H and O–H groups in total. The molecule has 0 saturated heterocycles. The summed E-state index contributed by atoms with van der Waals surface area (Å²) in [5.41, 5.74) is 0.421. The summed E-state index contributed by atoms with van der Waals surface area (Å²) < 4.78 is 6.06. The second kappa shape index (κ2) is 7.00. The van der Waals surface area contributed by atoms with Gasteiger partial charge in [-0.3, -0.25) is 0 Å².